The van der Waals surface area contributed by atoms with Crippen molar-refractivity contribution in [3.63, 3.8) is 0 Å². The molecule has 1 heterocycles. The molecule has 0 aromatic carbocycles. The van der Waals surface area contributed by atoms with E-state index < -0.39 is 5.97 Å². The van der Waals surface area contributed by atoms with E-state index in [1.807, 2.05) is 19.9 Å². The molecule has 1 aromatic rings. The molecule has 0 bridgehead atoms. The molecule has 1 rings (SSSR count). The van der Waals surface area contributed by atoms with E-state index in [2.05, 4.69) is 14.6 Å². The number of aromatic nitrogens is 1. The summed E-state index contributed by atoms with van der Waals surface area (Å²) in [6.45, 7) is 5.51. The first-order chi connectivity index (χ1) is 8.99. The number of rotatable bonds is 6. The van der Waals surface area contributed by atoms with Crippen molar-refractivity contribution in [2.75, 3.05) is 25.1 Å². The summed E-state index contributed by atoms with van der Waals surface area (Å²) in [5, 5.41) is 0. The van der Waals surface area contributed by atoms with Crippen LogP contribution in [0.5, 0.6) is 0 Å². The molecule has 104 valence electrons. The number of nitrogens with two attached hydrogens (primary N) is 1. The first-order valence-corrected chi connectivity index (χ1v) is 6.49. The lowest BCUT2D eigenvalue weighted by molar-refractivity contribution is 0.0594. The fourth-order valence-electron chi connectivity index (χ4n) is 1.67. The second-order valence-corrected chi connectivity index (χ2v) is 4.70. The molecule has 0 fully saturated rings. The molecule has 2 N–H and O–H groups in total. The number of carbonyl (C=O) groups excluding carboxylic acids is 1. The summed E-state index contributed by atoms with van der Waals surface area (Å²) in [4.78, 5) is 18.0. The third-order valence-electron chi connectivity index (χ3n) is 2.86. The van der Waals surface area contributed by atoms with Crippen LogP contribution < -0.4 is 10.6 Å². The molecule has 0 amide bonds. The van der Waals surface area contributed by atoms with Crippen molar-refractivity contribution in [2.24, 2.45) is 11.7 Å². The van der Waals surface area contributed by atoms with Crippen molar-refractivity contribution in [1.82, 2.24) is 4.98 Å². The van der Waals surface area contributed by atoms with E-state index >= 15 is 0 Å². The van der Waals surface area contributed by atoms with Gasteiger partial charge in [0.15, 0.2) is 0 Å². The summed E-state index contributed by atoms with van der Waals surface area (Å²) in [6, 6.07) is 3.56. The van der Waals surface area contributed by atoms with Gasteiger partial charge < -0.3 is 15.4 Å². The van der Waals surface area contributed by atoms with Crippen LogP contribution in [0.1, 0.15) is 24.3 Å². The molecule has 0 saturated carbocycles. The molecule has 0 spiro atoms. The first-order valence-electron chi connectivity index (χ1n) is 6.08. The fraction of sp³-hybridized carbons (Fsp3) is 0.462. The Morgan fingerprint density at radius 1 is 1.63 bits per heavy atom. The van der Waals surface area contributed by atoms with Crippen molar-refractivity contribution < 1.29 is 9.53 Å². The minimum atomic E-state index is -0.444. The minimum absolute atomic E-state index is 0.102. The topological polar surface area (TPSA) is 68.5 Å². The van der Waals surface area contributed by atoms with Gasteiger partial charge >= 0.3 is 5.97 Å². The maximum Gasteiger partial charge on any atom is 0.356 e. The van der Waals surface area contributed by atoms with Crippen LogP contribution in [-0.2, 0) is 4.74 Å². The molecule has 19 heavy (non-hydrogen) atoms. The van der Waals surface area contributed by atoms with Crippen LogP contribution >= 0.6 is 12.2 Å². The Hall–Kier alpha value is -1.69. The predicted octanol–water partition coefficient (Wildman–Crippen LogP) is 1.62. The molecule has 0 aliphatic heterocycles. The SMILES string of the molecule is CCN(CC(C)C(N)=S)c1ccnc(C(=O)OC)c1. The van der Waals surface area contributed by atoms with Crippen LogP contribution in [0.25, 0.3) is 0 Å². The molecule has 5 nitrogen and oxygen atoms in total. The molecule has 1 atom stereocenters. The Kier molecular flexibility index (Phi) is 5.69. The Labute approximate surface area is 118 Å². The monoisotopic (exact) mass is 281 g/mol. The Morgan fingerprint density at radius 2 is 2.32 bits per heavy atom. The molecule has 0 saturated heterocycles. The van der Waals surface area contributed by atoms with Gasteiger partial charge in [0.25, 0.3) is 0 Å². The summed E-state index contributed by atoms with van der Waals surface area (Å²) in [6.07, 6.45) is 1.59. The van der Waals surface area contributed by atoms with Crippen molar-refractivity contribution in [2.45, 2.75) is 13.8 Å². The average molecular weight is 281 g/mol. The smallest absolute Gasteiger partial charge is 0.356 e. The summed E-state index contributed by atoms with van der Waals surface area (Å²) in [5.74, 6) is -0.343. The zero-order chi connectivity index (χ0) is 14.4. The number of pyridine rings is 1. The van der Waals surface area contributed by atoms with Crippen LogP contribution in [0.3, 0.4) is 0 Å². The Balaban J connectivity index is 2.92. The lowest BCUT2D eigenvalue weighted by Crippen LogP contribution is -2.34. The minimum Gasteiger partial charge on any atom is -0.464 e. The van der Waals surface area contributed by atoms with Gasteiger partial charge in [0.2, 0.25) is 0 Å². The van der Waals surface area contributed by atoms with Crippen LogP contribution in [-0.4, -0.2) is 36.1 Å². The van der Waals surface area contributed by atoms with Gasteiger partial charge in [-0.2, -0.15) is 0 Å². The number of thiocarbonyl (C=S) groups is 1. The predicted molar refractivity (Wildman–Crippen MR) is 79.4 cm³/mol. The maximum atomic E-state index is 11.5. The van der Waals surface area contributed by atoms with Crippen LogP contribution in [0.4, 0.5) is 5.69 Å². The van der Waals surface area contributed by atoms with E-state index in [4.69, 9.17) is 18.0 Å². The normalized spacial score (nSPS) is 11.7. The quantitative estimate of drug-likeness (QED) is 0.631. The van der Waals surface area contributed by atoms with Gasteiger partial charge in [-0.05, 0) is 19.1 Å². The third-order valence-corrected chi connectivity index (χ3v) is 3.27. The second kappa shape index (κ2) is 7.04. The second-order valence-electron chi connectivity index (χ2n) is 4.23. The molecule has 0 aliphatic carbocycles. The van der Waals surface area contributed by atoms with E-state index in [0.717, 1.165) is 12.2 Å². The van der Waals surface area contributed by atoms with Crippen LogP contribution in [0, 0.1) is 5.92 Å². The number of nitrogens with zero attached hydrogens (tertiary/aromatic N) is 2. The highest BCUT2D eigenvalue weighted by Crippen LogP contribution is 2.16. The van der Waals surface area contributed by atoms with Crippen molar-refractivity contribution in [1.29, 1.82) is 0 Å². The summed E-state index contributed by atoms with van der Waals surface area (Å²) in [5.41, 5.74) is 6.83. The highest BCUT2D eigenvalue weighted by atomic mass is 32.1. The van der Waals surface area contributed by atoms with Crippen LogP contribution in [0.15, 0.2) is 18.3 Å². The number of ether oxygens (including phenoxy) is 1. The standard InChI is InChI=1S/C13H19N3O2S/c1-4-16(8-9(2)12(14)19)10-5-6-15-11(7-10)13(17)18-3/h5-7,9H,4,8H2,1-3H3,(H2,14,19). The Morgan fingerprint density at radius 3 is 2.84 bits per heavy atom. The van der Waals surface area contributed by atoms with Crippen LogP contribution in [0.2, 0.25) is 0 Å². The van der Waals surface area contributed by atoms with Gasteiger partial charge in [0, 0.05) is 30.9 Å². The fourth-order valence-corrected chi connectivity index (χ4v) is 1.74. The van der Waals surface area contributed by atoms with Gasteiger partial charge in [-0.15, -0.1) is 0 Å². The Bertz CT molecular complexity index is 465. The molecular formula is C13H19N3O2S. The van der Waals surface area contributed by atoms with Gasteiger partial charge in [-0.25, -0.2) is 9.78 Å². The zero-order valence-corrected chi connectivity index (χ0v) is 12.2. The molecule has 0 radical (unpaired) electrons. The number of hydrogen-bond acceptors (Lipinski definition) is 5. The van der Waals surface area contributed by atoms with E-state index in [0.29, 0.717) is 17.2 Å². The summed E-state index contributed by atoms with van der Waals surface area (Å²) >= 11 is 4.99. The highest BCUT2D eigenvalue weighted by Gasteiger charge is 2.14. The first kappa shape index (κ1) is 15.4. The summed E-state index contributed by atoms with van der Waals surface area (Å²) < 4.78 is 4.66. The van der Waals surface area contributed by atoms with E-state index in [9.17, 15) is 4.79 Å². The van der Waals surface area contributed by atoms with Gasteiger partial charge in [0.05, 0.1) is 12.1 Å². The number of anilines is 1. The van der Waals surface area contributed by atoms with Gasteiger partial charge in [0.1, 0.15) is 5.69 Å². The van der Waals surface area contributed by atoms with Crippen molar-refractivity contribution in [3.05, 3.63) is 24.0 Å². The van der Waals surface area contributed by atoms with E-state index in [1.54, 1.807) is 12.3 Å². The molecule has 6 heteroatoms. The summed E-state index contributed by atoms with van der Waals surface area (Å²) in [7, 11) is 1.34. The highest BCUT2D eigenvalue weighted by molar-refractivity contribution is 7.80. The number of methoxy groups -OCH3 is 1. The molecule has 1 aromatic heterocycles. The number of hydrogen-bond donors (Lipinski definition) is 1. The number of carbonyl (C=O) groups is 1. The van der Waals surface area contributed by atoms with Gasteiger partial charge in [-0.1, -0.05) is 19.1 Å². The molecular weight excluding hydrogens is 262 g/mol. The lowest BCUT2D eigenvalue weighted by atomic mass is 10.1. The van der Waals surface area contributed by atoms with E-state index in [1.165, 1.54) is 7.11 Å². The van der Waals surface area contributed by atoms with Crippen molar-refractivity contribution >= 4 is 28.9 Å². The lowest BCUT2D eigenvalue weighted by Gasteiger charge is -2.26. The third kappa shape index (κ3) is 4.17. The van der Waals surface area contributed by atoms with E-state index in [-0.39, 0.29) is 5.92 Å². The molecule has 1 unspecified atom stereocenters. The van der Waals surface area contributed by atoms with Crippen molar-refractivity contribution in [3.8, 4) is 0 Å². The maximum absolute atomic E-state index is 11.5. The van der Waals surface area contributed by atoms with Gasteiger partial charge in [-0.3, -0.25) is 0 Å². The molecule has 0 aliphatic rings. The average Bonchev–Trinajstić information content (AvgIpc) is 2.43. The largest absolute Gasteiger partial charge is 0.464 e. The number of esters is 1. The zero-order valence-electron chi connectivity index (χ0n) is 11.4.